The Morgan fingerprint density at radius 2 is 1.83 bits per heavy atom. The average Bonchev–Trinajstić information content (AvgIpc) is 2.34. The number of alkyl halides is 2. The van der Waals surface area contributed by atoms with Crippen molar-refractivity contribution >= 4 is 17.4 Å². The summed E-state index contributed by atoms with van der Waals surface area (Å²) in [7, 11) is 0. The fraction of sp³-hybridized carbons (Fsp3) is 0.571. The highest BCUT2D eigenvalue weighted by Gasteiger charge is 2.19. The maximum Gasteiger partial charge on any atom is 0.288 e. The van der Waals surface area contributed by atoms with Gasteiger partial charge in [0.1, 0.15) is 0 Å². The van der Waals surface area contributed by atoms with Gasteiger partial charge in [0.25, 0.3) is 5.76 Å². The summed E-state index contributed by atoms with van der Waals surface area (Å²) in [4.78, 5) is 0.645. The topological polar surface area (TPSA) is 12.0 Å². The van der Waals surface area contributed by atoms with Crippen LogP contribution in [-0.2, 0) is 0 Å². The van der Waals surface area contributed by atoms with Crippen LogP contribution in [0.2, 0.25) is 0 Å². The molecule has 1 aromatic carbocycles. The molecule has 1 aliphatic carbocycles. The molecule has 0 unspecified atom stereocenters. The molecule has 0 bridgehead atoms. The van der Waals surface area contributed by atoms with Crippen molar-refractivity contribution in [3.05, 3.63) is 24.3 Å². The molecule has 0 spiro atoms. The van der Waals surface area contributed by atoms with Crippen LogP contribution in [0.1, 0.15) is 32.6 Å². The Balaban J connectivity index is 2.00. The lowest BCUT2D eigenvalue weighted by Crippen LogP contribution is -2.25. The highest BCUT2D eigenvalue weighted by atomic mass is 32.2. The Morgan fingerprint density at radius 1 is 1.17 bits per heavy atom. The van der Waals surface area contributed by atoms with E-state index in [0.717, 1.165) is 24.4 Å². The molecular formula is C14H19F2NS. The normalized spacial score (nSPS) is 24.2. The van der Waals surface area contributed by atoms with Crippen molar-refractivity contribution in [2.24, 2.45) is 5.92 Å². The first-order valence-corrected chi connectivity index (χ1v) is 7.33. The second-order valence-electron chi connectivity index (χ2n) is 4.98. The Bertz CT molecular complexity index is 376. The molecule has 0 amide bonds. The summed E-state index contributed by atoms with van der Waals surface area (Å²) < 4.78 is 24.9. The first-order valence-electron chi connectivity index (χ1n) is 6.45. The van der Waals surface area contributed by atoms with Gasteiger partial charge in [0, 0.05) is 16.6 Å². The maximum atomic E-state index is 12.5. The highest BCUT2D eigenvalue weighted by molar-refractivity contribution is 7.99. The second-order valence-corrected chi connectivity index (χ2v) is 6.01. The molecule has 0 atom stereocenters. The maximum absolute atomic E-state index is 12.5. The number of hydrogen-bond acceptors (Lipinski definition) is 2. The molecule has 1 N–H and O–H groups in total. The van der Waals surface area contributed by atoms with Gasteiger partial charge >= 0.3 is 0 Å². The molecule has 1 nitrogen and oxygen atoms in total. The van der Waals surface area contributed by atoms with E-state index in [9.17, 15) is 8.78 Å². The molecule has 0 heterocycles. The van der Waals surface area contributed by atoms with Crippen molar-refractivity contribution in [3.8, 4) is 0 Å². The van der Waals surface area contributed by atoms with Crippen LogP contribution in [0.5, 0.6) is 0 Å². The minimum atomic E-state index is -2.36. The van der Waals surface area contributed by atoms with Crippen molar-refractivity contribution < 1.29 is 8.78 Å². The van der Waals surface area contributed by atoms with E-state index < -0.39 is 5.76 Å². The van der Waals surface area contributed by atoms with E-state index >= 15 is 0 Å². The number of para-hydroxylation sites is 1. The number of nitrogens with one attached hydrogen (secondary N) is 1. The zero-order valence-corrected chi connectivity index (χ0v) is 11.4. The summed E-state index contributed by atoms with van der Waals surface area (Å²) in [6.45, 7) is 2.27. The lowest BCUT2D eigenvalue weighted by molar-refractivity contribution is 0.252. The predicted molar refractivity (Wildman–Crippen MR) is 73.3 cm³/mol. The number of anilines is 1. The Labute approximate surface area is 111 Å². The van der Waals surface area contributed by atoms with E-state index in [1.807, 2.05) is 12.1 Å². The Hall–Kier alpha value is -0.770. The molecule has 100 valence electrons. The molecule has 0 saturated heterocycles. The molecule has 4 heteroatoms. The van der Waals surface area contributed by atoms with Gasteiger partial charge in [-0.15, -0.1) is 0 Å². The predicted octanol–water partition coefficient (Wildman–Crippen LogP) is 4.99. The number of halogens is 2. The number of hydrogen-bond donors (Lipinski definition) is 1. The lowest BCUT2D eigenvalue weighted by Gasteiger charge is -2.28. The molecule has 1 aliphatic rings. The van der Waals surface area contributed by atoms with Crippen molar-refractivity contribution in [2.75, 3.05) is 5.32 Å². The highest BCUT2D eigenvalue weighted by Crippen LogP contribution is 2.34. The van der Waals surface area contributed by atoms with Crippen molar-refractivity contribution in [1.82, 2.24) is 0 Å². The van der Waals surface area contributed by atoms with Crippen LogP contribution in [0.15, 0.2) is 29.2 Å². The summed E-state index contributed by atoms with van der Waals surface area (Å²) in [6, 6.07) is 7.77. The third-order valence-electron chi connectivity index (χ3n) is 3.48. The molecule has 0 aliphatic heterocycles. The number of rotatable bonds is 4. The molecule has 18 heavy (non-hydrogen) atoms. The van der Waals surface area contributed by atoms with E-state index in [0.29, 0.717) is 22.7 Å². The van der Waals surface area contributed by atoms with Crippen LogP contribution in [0.4, 0.5) is 14.5 Å². The molecule has 0 aromatic heterocycles. The molecule has 1 fully saturated rings. The summed E-state index contributed by atoms with van der Waals surface area (Å²) in [5.41, 5.74) is 0.849. The third-order valence-corrected chi connectivity index (χ3v) is 4.27. The fourth-order valence-electron chi connectivity index (χ4n) is 2.41. The smallest absolute Gasteiger partial charge is 0.288 e. The second kappa shape index (κ2) is 6.41. The van der Waals surface area contributed by atoms with Gasteiger partial charge in [-0.05, 0) is 43.7 Å². The molecule has 2 rings (SSSR count). The fourth-order valence-corrected chi connectivity index (χ4v) is 3.01. The van der Waals surface area contributed by atoms with Crippen molar-refractivity contribution in [2.45, 2.75) is 49.3 Å². The van der Waals surface area contributed by atoms with Crippen LogP contribution in [0.25, 0.3) is 0 Å². The van der Waals surface area contributed by atoms with Crippen LogP contribution in [-0.4, -0.2) is 11.8 Å². The molecular weight excluding hydrogens is 252 g/mol. The monoisotopic (exact) mass is 271 g/mol. The number of thioether (sulfide) groups is 1. The minimum Gasteiger partial charge on any atom is -0.381 e. The van der Waals surface area contributed by atoms with Crippen molar-refractivity contribution in [1.29, 1.82) is 0 Å². The quantitative estimate of drug-likeness (QED) is 0.774. The number of benzene rings is 1. The van der Waals surface area contributed by atoms with E-state index in [2.05, 4.69) is 12.2 Å². The van der Waals surface area contributed by atoms with Crippen LogP contribution in [0.3, 0.4) is 0 Å². The molecule has 1 aromatic rings. The van der Waals surface area contributed by atoms with Gasteiger partial charge in [-0.25, -0.2) is 0 Å². The van der Waals surface area contributed by atoms with Gasteiger partial charge in [-0.2, -0.15) is 8.78 Å². The summed E-state index contributed by atoms with van der Waals surface area (Å²) in [5.74, 6) is -1.56. The lowest BCUT2D eigenvalue weighted by atomic mass is 9.87. The zero-order chi connectivity index (χ0) is 13.0. The largest absolute Gasteiger partial charge is 0.381 e. The molecule has 1 saturated carbocycles. The van der Waals surface area contributed by atoms with Gasteiger partial charge < -0.3 is 5.32 Å². The van der Waals surface area contributed by atoms with E-state index in [4.69, 9.17) is 0 Å². The van der Waals surface area contributed by atoms with Gasteiger partial charge in [0.05, 0.1) is 0 Å². The standard InChI is InChI=1S/C14H19F2NS/c1-10-6-8-11(9-7-10)17-12-4-2-3-5-13(12)18-14(15)16/h2-5,10-11,14,17H,6-9H2,1H3. The van der Waals surface area contributed by atoms with E-state index in [1.165, 1.54) is 12.8 Å². The zero-order valence-electron chi connectivity index (χ0n) is 10.5. The van der Waals surface area contributed by atoms with Crippen LogP contribution in [0, 0.1) is 5.92 Å². The third kappa shape index (κ3) is 3.87. The van der Waals surface area contributed by atoms with Crippen LogP contribution >= 0.6 is 11.8 Å². The van der Waals surface area contributed by atoms with Crippen LogP contribution < -0.4 is 5.32 Å². The minimum absolute atomic E-state index is 0.431. The van der Waals surface area contributed by atoms with Gasteiger partial charge in [-0.1, -0.05) is 30.8 Å². The van der Waals surface area contributed by atoms with Crippen molar-refractivity contribution in [3.63, 3.8) is 0 Å². The average molecular weight is 271 g/mol. The van der Waals surface area contributed by atoms with E-state index in [-0.39, 0.29) is 0 Å². The first kappa shape index (κ1) is 13.7. The summed E-state index contributed by atoms with van der Waals surface area (Å²) >= 11 is 0.618. The first-order chi connectivity index (χ1) is 8.65. The summed E-state index contributed by atoms with van der Waals surface area (Å²) in [6.07, 6.45) is 4.72. The summed E-state index contributed by atoms with van der Waals surface area (Å²) in [5, 5.41) is 3.42. The Morgan fingerprint density at radius 3 is 2.50 bits per heavy atom. The molecule has 0 radical (unpaired) electrons. The van der Waals surface area contributed by atoms with E-state index in [1.54, 1.807) is 12.1 Å². The van der Waals surface area contributed by atoms with Gasteiger partial charge in [0.15, 0.2) is 0 Å². The Kier molecular flexibility index (Phi) is 4.87. The SMILES string of the molecule is CC1CCC(Nc2ccccc2SC(F)F)CC1. The van der Waals surface area contributed by atoms with Gasteiger partial charge in [0.2, 0.25) is 0 Å². The van der Waals surface area contributed by atoms with Gasteiger partial charge in [-0.3, -0.25) is 0 Å².